The quantitative estimate of drug-likeness (QED) is 0.579. The second kappa shape index (κ2) is 8.46. The van der Waals surface area contributed by atoms with Crippen molar-refractivity contribution >= 4 is 11.6 Å². The van der Waals surface area contributed by atoms with Crippen molar-refractivity contribution in [2.45, 2.75) is 26.6 Å². The number of halogens is 4. The third-order valence-electron chi connectivity index (χ3n) is 2.45. The maximum absolute atomic E-state index is 11.9. The molecule has 0 aliphatic heterocycles. The summed E-state index contributed by atoms with van der Waals surface area (Å²) in [5.41, 5.74) is 0.777. The van der Waals surface area contributed by atoms with Gasteiger partial charge in [0.2, 0.25) is 0 Å². The fraction of sp³-hybridized carbons (Fsp3) is 0.571. The summed E-state index contributed by atoms with van der Waals surface area (Å²) in [6.45, 7) is 3.70. The van der Waals surface area contributed by atoms with E-state index in [0.29, 0.717) is 23.2 Å². The highest BCUT2D eigenvalue weighted by Gasteiger charge is 2.27. The molecule has 0 aliphatic rings. The number of benzene rings is 1. The Hall–Kier alpha value is -0.980. The Kier molecular flexibility index (Phi) is 7.28. The predicted octanol–water partition coefficient (Wildman–Crippen LogP) is 4.00. The van der Waals surface area contributed by atoms with Crippen molar-refractivity contribution in [1.82, 2.24) is 5.32 Å². The average molecular weight is 326 g/mol. The molecular weight excluding hydrogens is 307 g/mol. The lowest BCUT2D eigenvalue weighted by molar-refractivity contribution is -0.186. The fourth-order valence-electron chi connectivity index (χ4n) is 1.59. The maximum atomic E-state index is 11.9. The summed E-state index contributed by atoms with van der Waals surface area (Å²) in [7, 11) is 0. The van der Waals surface area contributed by atoms with E-state index in [0.717, 1.165) is 12.1 Å². The van der Waals surface area contributed by atoms with Gasteiger partial charge in [-0.1, -0.05) is 25.4 Å². The Balaban J connectivity index is 2.52. The number of alkyl halides is 3. The lowest BCUT2D eigenvalue weighted by Gasteiger charge is -2.14. The number of rotatable bonds is 8. The smallest absolute Gasteiger partial charge is 0.411 e. The molecule has 0 fully saturated rings. The first kappa shape index (κ1) is 18.1. The van der Waals surface area contributed by atoms with Crippen LogP contribution in [0.5, 0.6) is 5.75 Å². The minimum Gasteiger partial charge on any atom is -0.467 e. The highest BCUT2D eigenvalue weighted by molar-refractivity contribution is 6.30. The molecule has 1 aromatic carbocycles. The van der Waals surface area contributed by atoms with Gasteiger partial charge in [-0.2, -0.15) is 13.2 Å². The molecule has 0 atom stereocenters. The molecule has 0 heterocycles. The van der Waals surface area contributed by atoms with E-state index in [1.165, 1.54) is 0 Å². The summed E-state index contributed by atoms with van der Waals surface area (Å²) in [6, 6.07) is 4.95. The van der Waals surface area contributed by atoms with Crippen molar-refractivity contribution in [3.8, 4) is 5.75 Å². The molecule has 1 aromatic rings. The molecule has 0 radical (unpaired) electrons. The van der Waals surface area contributed by atoms with Crippen LogP contribution in [-0.2, 0) is 11.3 Å². The van der Waals surface area contributed by atoms with Gasteiger partial charge in [0.1, 0.15) is 12.4 Å². The van der Waals surface area contributed by atoms with Gasteiger partial charge >= 0.3 is 6.18 Å². The molecule has 0 amide bonds. The zero-order valence-electron chi connectivity index (χ0n) is 12.0. The molecule has 0 aliphatic carbocycles. The number of nitrogens with one attached hydrogen (secondary N) is 1. The lowest BCUT2D eigenvalue weighted by atomic mass is 10.2. The van der Waals surface area contributed by atoms with E-state index in [-0.39, 0.29) is 0 Å². The van der Waals surface area contributed by atoms with Crippen LogP contribution in [0.3, 0.4) is 0 Å². The molecular formula is C14H19ClF3NO2. The highest BCUT2D eigenvalue weighted by Crippen LogP contribution is 2.23. The van der Waals surface area contributed by atoms with Gasteiger partial charge in [-0.25, -0.2) is 0 Å². The predicted molar refractivity (Wildman–Crippen MR) is 75.5 cm³/mol. The largest absolute Gasteiger partial charge is 0.467 e. The van der Waals surface area contributed by atoms with Crippen molar-refractivity contribution in [2.75, 3.05) is 19.9 Å². The van der Waals surface area contributed by atoms with Crippen molar-refractivity contribution < 1.29 is 22.6 Å². The van der Waals surface area contributed by atoms with Crippen molar-refractivity contribution in [1.29, 1.82) is 0 Å². The molecule has 0 aromatic heterocycles. The maximum Gasteiger partial charge on any atom is 0.411 e. The van der Waals surface area contributed by atoms with Crippen LogP contribution in [0.25, 0.3) is 0 Å². The van der Waals surface area contributed by atoms with Gasteiger partial charge in [0.25, 0.3) is 0 Å². The lowest BCUT2D eigenvalue weighted by Crippen LogP contribution is -2.21. The van der Waals surface area contributed by atoms with Crippen LogP contribution in [0.2, 0.25) is 5.02 Å². The molecule has 1 N–H and O–H groups in total. The number of hydrogen-bond donors (Lipinski definition) is 1. The van der Waals surface area contributed by atoms with Crippen LogP contribution in [0.1, 0.15) is 19.4 Å². The van der Waals surface area contributed by atoms with E-state index in [2.05, 4.69) is 23.9 Å². The molecule has 7 heteroatoms. The van der Waals surface area contributed by atoms with Crippen molar-refractivity contribution in [3.63, 3.8) is 0 Å². The average Bonchev–Trinajstić information content (AvgIpc) is 2.35. The number of ether oxygens (including phenoxy) is 2. The fourth-order valence-corrected chi connectivity index (χ4v) is 1.78. The molecule has 1 rings (SSSR count). The molecule has 0 spiro atoms. The zero-order valence-corrected chi connectivity index (χ0v) is 12.7. The monoisotopic (exact) mass is 325 g/mol. The Labute approximate surface area is 127 Å². The van der Waals surface area contributed by atoms with Crippen LogP contribution in [-0.4, -0.2) is 26.1 Å². The van der Waals surface area contributed by atoms with E-state index in [4.69, 9.17) is 16.3 Å². The summed E-state index contributed by atoms with van der Waals surface area (Å²) < 4.78 is 45.5. The van der Waals surface area contributed by atoms with Crippen molar-refractivity contribution in [2.24, 2.45) is 5.92 Å². The van der Waals surface area contributed by atoms with E-state index in [9.17, 15) is 13.2 Å². The molecule has 0 bridgehead atoms. The Morgan fingerprint density at radius 2 is 2.00 bits per heavy atom. The first-order chi connectivity index (χ1) is 9.78. The summed E-state index contributed by atoms with van der Waals surface area (Å²) in [4.78, 5) is 0. The van der Waals surface area contributed by atoms with Crippen molar-refractivity contribution in [3.05, 3.63) is 28.8 Å². The van der Waals surface area contributed by atoms with E-state index < -0.39 is 19.6 Å². The zero-order chi connectivity index (χ0) is 15.9. The van der Waals surface area contributed by atoms with Gasteiger partial charge in [-0.3, -0.25) is 0 Å². The minimum atomic E-state index is -4.36. The normalized spacial score (nSPS) is 12.0. The highest BCUT2D eigenvalue weighted by atomic mass is 35.5. The molecule has 0 unspecified atom stereocenters. The Morgan fingerprint density at radius 3 is 2.62 bits per heavy atom. The van der Waals surface area contributed by atoms with Gasteiger partial charge in [-0.15, -0.1) is 0 Å². The standard InChI is InChI=1S/C14H19ClF3NO2/c1-10(2)6-19-7-11-5-12(15)3-4-13(11)21-9-20-8-14(16,17)18/h3-5,10,19H,6-9H2,1-2H3. The van der Waals surface area contributed by atoms with Crippen LogP contribution >= 0.6 is 11.6 Å². The molecule has 21 heavy (non-hydrogen) atoms. The van der Waals surface area contributed by atoms with Gasteiger partial charge in [0, 0.05) is 17.1 Å². The van der Waals surface area contributed by atoms with Gasteiger partial charge in [-0.05, 0) is 30.7 Å². The van der Waals surface area contributed by atoms with Gasteiger partial charge in [0.15, 0.2) is 6.79 Å². The third kappa shape index (κ3) is 8.14. The summed E-state index contributed by atoms with van der Waals surface area (Å²) in [5.74, 6) is 0.946. The van der Waals surface area contributed by atoms with Crippen LogP contribution in [0, 0.1) is 5.92 Å². The summed E-state index contributed by atoms with van der Waals surface area (Å²) >= 11 is 5.92. The minimum absolute atomic E-state index is 0.456. The molecule has 0 saturated heterocycles. The summed E-state index contributed by atoms with van der Waals surface area (Å²) in [6.07, 6.45) is -4.36. The topological polar surface area (TPSA) is 30.5 Å². The second-order valence-electron chi connectivity index (χ2n) is 5.00. The molecule has 120 valence electrons. The van der Waals surface area contributed by atoms with Crippen LogP contribution in [0.4, 0.5) is 13.2 Å². The Morgan fingerprint density at radius 1 is 1.29 bits per heavy atom. The molecule has 3 nitrogen and oxygen atoms in total. The van der Waals surface area contributed by atoms with E-state index >= 15 is 0 Å². The SMILES string of the molecule is CC(C)CNCc1cc(Cl)ccc1OCOCC(F)(F)F. The second-order valence-corrected chi connectivity index (χ2v) is 5.44. The third-order valence-corrected chi connectivity index (χ3v) is 2.69. The first-order valence-corrected chi connectivity index (χ1v) is 6.92. The van der Waals surface area contributed by atoms with Crippen LogP contribution < -0.4 is 10.1 Å². The Bertz CT molecular complexity index is 439. The first-order valence-electron chi connectivity index (χ1n) is 6.54. The van der Waals surface area contributed by atoms with Gasteiger partial charge in [0.05, 0.1) is 0 Å². The van der Waals surface area contributed by atoms with E-state index in [1.54, 1.807) is 18.2 Å². The van der Waals surface area contributed by atoms with E-state index in [1.807, 2.05) is 0 Å². The summed E-state index contributed by atoms with van der Waals surface area (Å²) in [5, 5.41) is 3.77. The number of hydrogen-bond acceptors (Lipinski definition) is 3. The van der Waals surface area contributed by atoms with Crippen LogP contribution in [0.15, 0.2) is 18.2 Å². The molecule has 0 saturated carbocycles. The van der Waals surface area contributed by atoms with Gasteiger partial charge < -0.3 is 14.8 Å².